The van der Waals surface area contributed by atoms with Gasteiger partial charge in [-0.2, -0.15) is 5.16 Å². The van der Waals surface area contributed by atoms with Crippen LogP contribution < -0.4 is 5.56 Å². The summed E-state index contributed by atoms with van der Waals surface area (Å²) in [4.78, 5) is 24.2. The number of rotatable bonds is 4. The first-order valence-corrected chi connectivity index (χ1v) is 7.85. The third kappa shape index (κ3) is 3.64. The van der Waals surface area contributed by atoms with Crippen LogP contribution in [0.15, 0.2) is 45.7 Å². The van der Waals surface area contributed by atoms with Gasteiger partial charge in [0.25, 0.3) is 5.56 Å². The summed E-state index contributed by atoms with van der Waals surface area (Å²) < 4.78 is 5.21. The molecule has 2 unspecified atom stereocenters. The Balaban J connectivity index is 1.70. The molecule has 2 aromatic rings. The van der Waals surface area contributed by atoms with E-state index in [0.29, 0.717) is 25.1 Å². The van der Waals surface area contributed by atoms with Crippen LogP contribution >= 0.6 is 0 Å². The molecule has 1 saturated heterocycles. The van der Waals surface area contributed by atoms with Crippen LogP contribution in [0.25, 0.3) is 0 Å². The van der Waals surface area contributed by atoms with Crippen molar-refractivity contribution in [3.63, 3.8) is 0 Å². The molecule has 2 atom stereocenters. The largest absolute Gasteiger partial charge is 0.465 e. The van der Waals surface area contributed by atoms with Crippen molar-refractivity contribution >= 4 is 6.09 Å². The summed E-state index contributed by atoms with van der Waals surface area (Å²) in [7, 11) is 0. The number of nitrogens with zero attached hydrogens (tertiary/aromatic N) is 1. The molecule has 0 saturated carbocycles. The monoisotopic (exact) mass is 316 g/mol. The van der Waals surface area contributed by atoms with Gasteiger partial charge >= 0.3 is 6.09 Å². The van der Waals surface area contributed by atoms with Crippen LogP contribution in [0.1, 0.15) is 36.5 Å². The van der Waals surface area contributed by atoms with Gasteiger partial charge in [-0.05, 0) is 31.2 Å². The number of hydrogen-bond donors (Lipinski definition) is 2. The lowest BCUT2D eigenvalue weighted by Crippen LogP contribution is -2.45. The molecule has 0 spiro atoms. The molecule has 1 aromatic carbocycles. The van der Waals surface area contributed by atoms with E-state index in [9.17, 15) is 14.7 Å². The fraction of sp³-hybridized carbons (Fsp3) is 0.412. The van der Waals surface area contributed by atoms with Gasteiger partial charge < -0.3 is 14.5 Å². The lowest BCUT2D eigenvalue weighted by molar-refractivity contribution is 0.0936. The summed E-state index contributed by atoms with van der Waals surface area (Å²) in [5.74, 6) is 0.718. The third-order valence-electron chi connectivity index (χ3n) is 4.52. The van der Waals surface area contributed by atoms with E-state index in [1.165, 1.54) is 16.5 Å². The molecule has 1 fully saturated rings. The van der Waals surface area contributed by atoms with E-state index in [4.69, 9.17) is 4.52 Å². The average Bonchev–Trinajstić information content (AvgIpc) is 3.00. The number of aryl methyl sites for hydroxylation is 1. The maximum atomic E-state index is 11.5. The molecular formula is C17H20N2O4. The molecule has 1 amide bonds. The quantitative estimate of drug-likeness (QED) is 0.908. The van der Waals surface area contributed by atoms with Crippen LogP contribution in [0.3, 0.4) is 0 Å². The van der Waals surface area contributed by atoms with Crippen molar-refractivity contribution in [2.75, 3.05) is 6.54 Å². The van der Waals surface area contributed by atoms with Gasteiger partial charge in [-0.3, -0.25) is 4.79 Å². The Morgan fingerprint density at radius 1 is 1.35 bits per heavy atom. The molecule has 0 radical (unpaired) electrons. The summed E-state index contributed by atoms with van der Waals surface area (Å²) in [6.07, 6.45) is 2.08. The first-order valence-electron chi connectivity index (χ1n) is 7.85. The summed E-state index contributed by atoms with van der Waals surface area (Å²) in [6, 6.07) is 11.5. The number of amides is 1. The molecule has 6 heteroatoms. The minimum absolute atomic E-state index is 0.0633. The number of likely N-dealkylation sites (tertiary alicyclic amines) is 1. The Hall–Kier alpha value is -2.50. The Labute approximate surface area is 133 Å². The van der Waals surface area contributed by atoms with Crippen molar-refractivity contribution in [2.45, 2.75) is 37.6 Å². The summed E-state index contributed by atoms with van der Waals surface area (Å²) in [5, 5.41) is 11.7. The fourth-order valence-corrected chi connectivity index (χ4v) is 3.31. The lowest BCUT2D eigenvalue weighted by atomic mass is 9.86. The van der Waals surface area contributed by atoms with E-state index < -0.39 is 6.09 Å². The van der Waals surface area contributed by atoms with Crippen LogP contribution in [0.4, 0.5) is 4.79 Å². The van der Waals surface area contributed by atoms with E-state index in [1.807, 2.05) is 18.2 Å². The second-order valence-electron chi connectivity index (χ2n) is 5.99. The lowest BCUT2D eigenvalue weighted by Gasteiger charge is -2.37. The van der Waals surface area contributed by atoms with Crippen LogP contribution in [0.5, 0.6) is 0 Å². The van der Waals surface area contributed by atoms with Crippen molar-refractivity contribution in [3.8, 4) is 0 Å². The van der Waals surface area contributed by atoms with Gasteiger partial charge in [0.2, 0.25) is 0 Å². The summed E-state index contributed by atoms with van der Waals surface area (Å²) in [5.41, 5.74) is 0.953. The summed E-state index contributed by atoms with van der Waals surface area (Å²) >= 11 is 0. The molecule has 6 nitrogen and oxygen atoms in total. The Kier molecular flexibility index (Phi) is 4.50. The molecule has 1 aromatic heterocycles. The van der Waals surface area contributed by atoms with E-state index in [1.54, 1.807) is 0 Å². The molecular weight excluding hydrogens is 296 g/mol. The first-order chi connectivity index (χ1) is 11.1. The highest BCUT2D eigenvalue weighted by molar-refractivity contribution is 5.65. The van der Waals surface area contributed by atoms with Gasteiger partial charge in [-0.25, -0.2) is 4.79 Å². The van der Waals surface area contributed by atoms with E-state index in [0.717, 1.165) is 12.8 Å². The smallest absolute Gasteiger partial charge is 0.407 e. The first kappa shape index (κ1) is 15.4. The van der Waals surface area contributed by atoms with Gasteiger partial charge in [0.1, 0.15) is 5.76 Å². The molecule has 1 aliphatic rings. The zero-order valence-electron chi connectivity index (χ0n) is 12.8. The number of carboxylic acid groups (broad SMARTS) is 1. The second kappa shape index (κ2) is 6.73. The molecule has 2 heterocycles. The topological polar surface area (TPSA) is 86.5 Å². The Morgan fingerprint density at radius 3 is 2.78 bits per heavy atom. The second-order valence-corrected chi connectivity index (χ2v) is 5.99. The number of aromatic amines is 1. The van der Waals surface area contributed by atoms with Gasteiger partial charge in [-0.15, -0.1) is 0 Å². The molecule has 122 valence electrons. The number of H-pyrrole nitrogens is 1. The van der Waals surface area contributed by atoms with Crippen molar-refractivity contribution < 1.29 is 14.4 Å². The maximum Gasteiger partial charge on any atom is 0.407 e. The predicted molar refractivity (Wildman–Crippen MR) is 84.6 cm³/mol. The zero-order chi connectivity index (χ0) is 16.2. The van der Waals surface area contributed by atoms with E-state index in [-0.39, 0.29) is 17.5 Å². The Morgan fingerprint density at radius 2 is 2.13 bits per heavy atom. The van der Waals surface area contributed by atoms with Crippen LogP contribution in [0.2, 0.25) is 0 Å². The van der Waals surface area contributed by atoms with Gasteiger partial charge in [0.05, 0.1) is 0 Å². The number of nitrogens with one attached hydrogen (secondary N) is 1. The average molecular weight is 316 g/mol. The Bertz CT molecular complexity index is 707. The number of benzene rings is 1. The van der Waals surface area contributed by atoms with Gasteiger partial charge in [-0.1, -0.05) is 30.3 Å². The minimum atomic E-state index is -0.878. The maximum absolute atomic E-state index is 11.5. The highest BCUT2D eigenvalue weighted by atomic mass is 16.5. The van der Waals surface area contributed by atoms with Crippen LogP contribution in [0, 0.1) is 0 Å². The zero-order valence-corrected chi connectivity index (χ0v) is 12.8. The third-order valence-corrected chi connectivity index (χ3v) is 4.52. The van der Waals surface area contributed by atoms with Crippen molar-refractivity contribution in [1.82, 2.24) is 10.1 Å². The molecule has 0 bridgehead atoms. The van der Waals surface area contributed by atoms with Gasteiger partial charge in [0, 0.05) is 24.6 Å². The molecule has 3 rings (SSSR count). The summed E-state index contributed by atoms with van der Waals surface area (Å²) in [6.45, 7) is 0.467. The molecule has 23 heavy (non-hydrogen) atoms. The van der Waals surface area contributed by atoms with Crippen LogP contribution in [-0.2, 0) is 6.42 Å². The van der Waals surface area contributed by atoms with E-state index >= 15 is 0 Å². The normalized spacial score (nSPS) is 21.3. The standard InChI is InChI=1S/C17H20N2O4/c20-16-11-15(23-18-16)13-8-9-19(17(21)22)14(10-13)7-6-12-4-2-1-3-5-12/h1-5,11,13-14H,6-10H2,(H,18,20)(H,21,22). The molecule has 1 aliphatic heterocycles. The van der Waals surface area contributed by atoms with Crippen molar-refractivity contribution in [1.29, 1.82) is 0 Å². The SMILES string of the molecule is O=C(O)N1CCC(c2cc(=O)[nH]o2)CC1CCc1ccccc1. The van der Waals surface area contributed by atoms with Crippen LogP contribution in [-0.4, -0.2) is 33.8 Å². The number of aromatic nitrogens is 1. The minimum Gasteiger partial charge on any atom is -0.465 e. The fourth-order valence-electron chi connectivity index (χ4n) is 3.31. The highest BCUT2D eigenvalue weighted by Crippen LogP contribution is 2.32. The number of hydrogen-bond acceptors (Lipinski definition) is 3. The number of carbonyl (C=O) groups is 1. The number of piperidine rings is 1. The van der Waals surface area contributed by atoms with Crippen molar-refractivity contribution in [2.24, 2.45) is 0 Å². The van der Waals surface area contributed by atoms with Crippen molar-refractivity contribution in [3.05, 3.63) is 58.1 Å². The molecule has 2 N–H and O–H groups in total. The van der Waals surface area contributed by atoms with Gasteiger partial charge in [0.15, 0.2) is 0 Å². The highest BCUT2D eigenvalue weighted by Gasteiger charge is 2.33. The predicted octanol–water partition coefficient (Wildman–Crippen LogP) is 2.83. The molecule has 0 aliphatic carbocycles. The van der Waals surface area contributed by atoms with E-state index in [2.05, 4.69) is 17.3 Å².